The number of morpholine rings is 1. The van der Waals surface area contributed by atoms with Gasteiger partial charge < -0.3 is 25.1 Å². The van der Waals surface area contributed by atoms with Gasteiger partial charge in [-0.3, -0.25) is 9.59 Å². The summed E-state index contributed by atoms with van der Waals surface area (Å²) in [4.78, 5) is 26.4. The molecular weight excluding hydrogens is 420 g/mol. The Morgan fingerprint density at radius 1 is 1.12 bits per heavy atom. The molecule has 4 rings (SSSR count). The first kappa shape index (κ1) is 21.8. The molecule has 0 aliphatic carbocycles. The van der Waals surface area contributed by atoms with Crippen molar-refractivity contribution in [2.45, 2.75) is 19.4 Å². The van der Waals surface area contributed by atoms with Gasteiger partial charge in [-0.25, -0.2) is 8.78 Å². The predicted octanol–water partition coefficient (Wildman–Crippen LogP) is 3.11. The number of nitrogens with two attached hydrogens (primary N) is 1. The summed E-state index contributed by atoms with van der Waals surface area (Å²) in [7, 11) is 0. The summed E-state index contributed by atoms with van der Waals surface area (Å²) in [5.41, 5.74) is 6.77. The van der Waals surface area contributed by atoms with E-state index in [1.54, 1.807) is 19.1 Å². The molecule has 7 nitrogen and oxygen atoms in total. The minimum absolute atomic E-state index is 0.0606. The number of amides is 1. The second-order valence-electron chi connectivity index (χ2n) is 7.78. The molecule has 1 aliphatic rings. The van der Waals surface area contributed by atoms with Crippen LogP contribution in [-0.4, -0.2) is 32.2 Å². The number of carbonyl (C=O) groups is 1. The average Bonchev–Trinajstić information content (AvgIpc) is 2.73. The van der Waals surface area contributed by atoms with Crippen LogP contribution in [-0.2, 0) is 16.0 Å². The van der Waals surface area contributed by atoms with Gasteiger partial charge in [-0.2, -0.15) is 0 Å². The minimum Gasteiger partial charge on any atom is -0.440 e. The Hall–Kier alpha value is -3.46. The van der Waals surface area contributed by atoms with Crippen LogP contribution in [0.5, 0.6) is 0 Å². The second-order valence-corrected chi connectivity index (χ2v) is 7.78. The first-order chi connectivity index (χ1) is 15.3. The Morgan fingerprint density at radius 3 is 2.47 bits per heavy atom. The van der Waals surface area contributed by atoms with Crippen molar-refractivity contribution in [2.75, 3.05) is 36.5 Å². The van der Waals surface area contributed by atoms with E-state index in [0.717, 1.165) is 6.07 Å². The van der Waals surface area contributed by atoms with Crippen LogP contribution in [0.2, 0.25) is 0 Å². The molecule has 0 saturated carbocycles. The van der Waals surface area contributed by atoms with Gasteiger partial charge in [0.15, 0.2) is 11.3 Å². The number of primary amides is 1. The van der Waals surface area contributed by atoms with E-state index in [0.29, 0.717) is 54.3 Å². The quantitative estimate of drug-likeness (QED) is 0.608. The zero-order chi connectivity index (χ0) is 22.8. The Morgan fingerprint density at radius 2 is 1.81 bits per heavy atom. The Kier molecular flexibility index (Phi) is 6.09. The van der Waals surface area contributed by atoms with Gasteiger partial charge in [0.1, 0.15) is 17.2 Å². The highest BCUT2D eigenvalue weighted by Crippen LogP contribution is 2.31. The largest absolute Gasteiger partial charge is 0.440 e. The lowest BCUT2D eigenvalue weighted by Crippen LogP contribution is -2.36. The summed E-state index contributed by atoms with van der Waals surface area (Å²) in [5, 5.41) is 3.34. The van der Waals surface area contributed by atoms with Crippen LogP contribution >= 0.6 is 0 Å². The van der Waals surface area contributed by atoms with Crippen molar-refractivity contribution in [2.24, 2.45) is 5.73 Å². The molecule has 0 bridgehead atoms. The van der Waals surface area contributed by atoms with Crippen molar-refractivity contribution in [3.8, 4) is 0 Å². The fourth-order valence-corrected chi connectivity index (χ4v) is 3.86. The molecule has 1 unspecified atom stereocenters. The number of carbonyl (C=O) groups excluding carboxylic acids is 1. The maximum absolute atomic E-state index is 13.6. The molecule has 9 heteroatoms. The van der Waals surface area contributed by atoms with Crippen LogP contribution in [0.1, 0.15) is 24.1 Å². The average molecular weight is 443 g/mol. The topological polar surface area (TPSA) is 97.8 Å². The molecule has 3 N–H and O–H groups in total. The summed E-state index contributed by atoms with van der Waals surface area (Å²) < 4.78 is 38.8. The number of ether oxygens (including phenoxy) is 1. The summed E-state index contributed by atoms with van der Waals surface area (Å²) in [6.07, 6.45) is -0.0606. The zero-order valence-corrected chi connectivity index (χ0v) is 17.5. The molecule has 1 amide bonds. The Labute approximate surface area is 182 Å². The minimum atomic E-state index is -0.715. The zero-order valence-electron chi connectivity index (χ0n) is 17.5. The maximum atomic E-state index is 13.6. The molecule has 0 radical (unpaired) electrons. The molecule has 1 fully saturated rings. The van der Waals surface area contributed by atoms with Crippen molar-refractivity contribution in [3.05, 3.63) is 69.4 Å². The standard InChI is InChI=1S/C23H23F2N3O4/c1-13(27-17-10-15(24)9-16(25)11-17)18-6-14(8-21(26)30)7-19-20(29)12-22(32-23(18)19)28-2-4-31-5-3-28/h6-7,9-13,27H,2-5,8H2,1H3,(H2,26,30). The van der Waals surface area contributed by atoms with E-state index < -0.39 is 23.6 Å². The Balaban J connectivity index is 1.81. The molecular formula is C23H23F2N3O4. The van der Waals surface area contributed by atoms with E-state index in [1.807, 2.05) is 4.90 Å². The molecule has 1 aromatic heterocycles. The lowest BCUT2D eigenvalue weighted by atomic mass is 9.99. The molecule has 168 valence electrons. The first-order valence-corrected chi connectivity index (χ1v) is 10.2. The number of nitrogens with one attached hydrogen (secondary N) is 1. The van der Waals surface area contributed by atoms with Crippen molar-refractivity contribution >= 4 is 28.4 Å². The lowest BCUT2D eigenvalue weighted by molar-refractivity contribution is -0.117. The van der Waals surface area contributed by atoms with Crippen LogP contribution in [0.15, 0.2) is 45.6 Å². The highest BCUT2D eigenvalue weighted by molar-refractivity contribution is 5.85. The van der Waals surface area contributed by atoms with E-state index in [1.165, 1.54) is 18.2 Å². The van der Waals surface area contributed by atoms with Crippen molar-refractivity contribution in [1.82, 2.24) is 0 Å². The van der Waals surface area contributed by atoms with Crippen LogP contribution < -0.4 is 21.4 Å². The molecule has 1 aliphatic heterocycles. The number of hydrogen-bond donors (Lipinski definition) is 2. The summed E-state index contributed by atoms with van der Waals surface area (Å²) in [6, 6.07) is 7.35. The fraction of sp³-hybridized carbons (Fsp3) is 0.304. The summed E-state index contributed by atoms with van der Waals surface area (Å²) in [5.74, 6) is -1.56. The molecule has 2 heterocycles. The summed E-state index contributed by atoms with van der Waals surface area (Å²) in [6.45, 7) is 3.98. The SMILES string of the molecule is CC(Nc1cc(F)cc(F)c1)c1cc(CC(N)=O)cc2c(=O)cc(N3CCOCC3)oc12. The van der Waals surface area contributed by atoms with Crippen molar-refractivity contribution in [3.63, 3.8) is 0 Å². The number of halogens is 2. The maximum Gasteiger partial charge on any atom is 0.221 e. The first-order valence-electron chi connectivity index (χ1n) is 10.2. The molecule has 0 spiro atoms. The van der Waals surface area contributed by atoms with Gasteiger partial charge in [-0.05, 0) is 36.8 Å². The monoisotopic (exact) mass is 443 g/mol. The Bertz CT molecular complexity index is 1200. The van der Waals surface area contributed by atoms with E-state index in [2.05, 4.69) is 5.32 Å². The molecule has 32 heavy (non-hydrogen) atoms. The van der Waals surface area contributed by atoms with Crippen LogP contribution in [0, 0.1) is 11.6 Å². The highest BCUT2D eigenvalue weighted by atomic mass is 19.1. The van der Waals surface area contributed by atoms with Gasteiger partial charge >= 0.3 is 0 Å². The number of hydrogen-bond acceptors (Lipinski definition) is 6. The van der Waals surface area contributed by atoms with Crippen LogP contribution in [0.25, 0.3) is 11.0 Å². The number of fused-ring (bicyclic) bond motifs is 1. The van der Waals surface area contributed by atoms with Gasteiger partial charge in [-0.15, -0.1) is 0 Å². The van der Waals surface area contributed by atoms with Gasteiger partial charge in [0.25, 0.3) is 0 Å². The number of anilines is 2. The van der Waals surface area contributed by atoms with Crippen LogP contribution in [0.3, 0.4) is 0 Å². The smallest absolute Gasteiger partial charge is 0.221 e. The van der Waals surface area contributed by atoms with Crippen molar-refractivity contribution < 1.29 is 22.7 Å². The van der Waals surface area contributed by atoms with Gasteiger partial charge in [0, 0.05) is 36.5 Å². The second kappa shape index (κ2) is 8.96. The molecule has 2 aromatic carbocycles. The fourth-order valence-electron chi connectivity index (χ4n) is 3.86. The van der Waals surface area contributed by atoms with E-state index >= 15 is 0 Å². The number of rotatable bonds is 6. The van der Waals surface area contributed by atoms with E-state index in [9.17, 15) is 18.4 Å². The predicted molar refractivity (Wildman–Crippen MR) is 117 cm³/mol. The van der Waals surface area contributed by atoms with Crippen molar-refractivity contribution in [1.29, 1.82) is 0 Å². The normalized spacial score (nSPS) is 15.0. The highest BCUT2D eigenvalue weighted by Gasteiger charge is 2.20. The third-order valence-corrected chi connectivity index (χ3v) is 5.32. The lowest BCUT2D eigenvalue weighted by Gasteiger charge is -2.27. The van der Waals surface area contributed by atoms with Gasteiger partial charge in [0.2, 0.25) is 5.91 Å². The van der Waals surface area contributed by atoms with E-state index in [-0.39, 0.29) is 17.5 Å². The third-order valence-electron chi connectivity index (χ3n) is 5.32. The molecule has 1 atom stereocenters. The van der Waals surface area contributed by atoms with Gasteiger partial charge in [-0.1, -0.05) is 0 Å². The van der Waals surface area contributed by atoms with Gasteiger partial charge in [0.05, 0.1) is 31.1 Å². The summed E-state index contributed by atoms with van der Waals surface area (Å²) >= 11 is 0. The number of benzene rings is 2. The molecule has 1 saturated heterocycles. The van der Waals surface area contributed by atoms with Crippen LogP contribution in [0.4, 0.5) is 20.4 Å². The van der Waals surface area contributed by atoms with E-state index in [4.69, 9.17) is 14.9 Å². The third kappa shape index (κ3) is 4.72. The molecule has 3 aromatic rings. The number of nitrogens with zero attached hydrogens (tertiary/aromatic N) is 1.